The third-order valence-corrected chi connectivity index (χ3v) is 7.46. The summed E-state index contributed by atoms with van der Waals surface area (Å²) in [5, 5.41) is 3.52. The largest absolute Gasteiger partial charge is 0.357 e. The number of carbonyl (C=O) groups is 3. The van der Waals surface area contributed by atoms with Crippen molar-refractivity contribution in [3.8, 4) is 0 Å². The number of hydrogen-bond acceptors (Lipinski definition) is 4. The lowest BCUT2D eigenvalue weighted by atomic mass is 9.84. The van der Waals surface area contributed by atoms with Gasteiger partial charge in [-0.3, -0.25) is 14.4 Å². The minimum Gasteiger partial charge on any atom is -0.357 e. The molecule has 3 aliphatic rings. The van der Waals surface area contributed by atoms with E-state index in [4.69, 9.17) is 23.2 Å². The smallest absolute Gasteiger partial charge is 0.247 e. The van der Waals surface area contributed by atoms with Gasteiger partial charge in [-0.25, -0.2) is 4.90 Å². The van der Waals surface area contributed by atoms with Gasteiger partial charge in [0.15, 0.2) is 0 Å². The van der Waals surface area contributed by atoms with Crippen molar-refractivity contribution in [2.45, 2.75) is 12.1 Å². The van der Waals surface area contributed by atoms with E-state index in [1.807, 2.05) is 59.6 Å². The van der Waals surface area contributed by atoms with Crippen molar-refractivity contribution < 1.29 is 14.4 Å². The fraction of sp³-hybridized carbons (Fsp3) is 0.148. The zero-order chi connectivity index (χ0) is 24.3. The highest BCUT2D eigenvalue weighted by Gasteiger charge is 2.64. The summed E-state index contributed by atoms with van der Waals surface area (Å²) in [5.41, 5.74) is 2.76. The first-order chi connectivity index (χ1) is 17.0. The number of nitrogens with one attached hydrogen (secondary N) is 1. The number of amides is 3. The van der Waals surface area contributed by atoms with E-state index in [0.717, 1.165) is 16.0 Å². The molecule has 3 aromatic carbocycles. The summed E-state index contributed by atoms with van der Waals surface area (Å²) in [6.45, 7) is 0. The van der Waals surface area contributed by atoms with Crippen LogP contribution in [0.15, 0.2) is 79.0 Å². The maximum Gasteiger partial charge on any atom is 0.247 e. The Bertz CT molecular complexity index is 1410. The molecule has 3 amide bonds. The van der Waals surface area contributed by atoms with Gasteiger partial charge >= 0.3 is 0 Å². The predicted octanol–water partition coefficient (Wildman–Crippen LogP) is 5.15. The third kappa shape index (κ3) is 3.36. The minimum atomic E-state index is -0.876. The number of benzene rings is 3. The average molecular weight is 504 g/mol. The molecule has 35 heavy (non-hydrogen) atoms. The molecule has 3 heterocycles. The minimum absolute atomic E-state index is 0.199. The zero-order valence-corrected chi connectivity index (χ0v) is 19.8. The number of imide groups is 1. The second-order valence-electron chi connectivity index (χ2n) is 8.80. The number of nitrogens with zero attached hydrogens (tertiary/aromatic N) is 2. The molecule has 0 spiro atoms. The van der Waals surface area contributed by atoms with Gasteiger partial charge in [0.2, 0.25) is 17.7 Å². The lowest BCUT2D eigenvalue weighted by molar-refractivity contribution is -0.128. The lowest BCUT2D eigenvalue weighted by Crippen LogP contribution is -2.46. The quantitative estimate of drug-likeness (QED) is 0.502. The standard InChI is InChI=1S/C27H19Cl2N3O3/c28-16-10-11-20(19(29)14-16)32-26(34)21-22(27(32)35)24(25(33)30-17-7-2-1-3-8-17)31-13-12-15-6-4-5-9-18(15)23(21)31/h1-14,21-24H,(H,30,33)/t21-,22+,23+,24-/m0/s1. The van der Waals surface area contributed by atoms with Gasteiger partial charge in [0, 0.05) is 16.9 Å². The summed E-state index contributed by atoms with van der Waals surface area (Å²) in [4.78, 5) is 44.3. The fourth-order valence-electron chi connectivity index (χ4n) is 5.49. The van der Waals surface area contributed by atoms with E-state index < -0.39 is 29.8 Å². The van der Waals surface area contributed by atoms with Gasteiger partial charge in [-0.05, 0) is 47.5 Å². The second kappa shape index (κ2) is 8.26. The number of para-hydroxylation sites is 1. The Labute approximate surface area is 211 Å². The number of rotatable bonds is 3. The molecule has 3 aliphatic heterocycles. The van der Waals surface area contributed by atoms with Crippen LogP contribution < -0.4 is 10.2 Å². The first kappa shape index (κ1) is 21.9. The molecule has 2 saturated heterocycles. The summed E-state index contributed by atoms with van der Waals surface area (Å²) < 4.78 is 0. The van der Waals surface area contributed by atoms with Gasteiger partial charge < -0.3 is 10.2 Å². The van der Waals surface area contributed by atoms with Gasteiger partial charge in [-0.1, -0.05) is 65.7 Å². The third-order valence-electron chi connectivity index (χ3n) is 6.92. The van der Waals surface area contributed by atoms with Crippen LogP contribution in [0.25, 0.3) is 6.08 Å². The molecule has 6 nitrogen and oxygen atoms in total. The van der Waals surface area contributed by atoms with Gasteiger partial charge in [0.05, 0.1) is 28.6 Å². The van der Waals surface area contributed by atoms with E-state index in [1.54, 1.807) is 24.3 Å². The number of hydrogen-bond donors (Lipinski definition) is 1. The number of halogens is 2. The van der Waals surface area contributed by atoms with E-state index in [-0.39, 0.29) is 22.5 Å². The number of carbonyl (C=O) groups excluding carboxylic acids is 3. The Hall–Kier alpha value is -3.61. The van der Waals surface area contributed by atoms with Crippen molar-refractivity contribution in [1.82, 2.24) is 4.90 Å². The summed E-state index contributed by atoms with van der Waals surface area (Å²) in [5.74, 6) is -2.79. The summed E-state index contributed by atoms with van der Waals surface area (Å²) >= 11 is 12.4. The van der Waals surface area contributed by atoms with E-state index >= 15 is 0 Å². The van der Waals surface area contributed by atoms with E-state index in [0.29, 0.717) is 10.7 Å². The zero-order valence-electron chi connectivity index (χ0n) is 18.3. The Balaban J connectivity index is 1.46. The molecule has 0 bridgehead atoms. The molecule has 3 aromatic rings. The summed E-state index contributed by atoms with van der Waals surface area (Å²) in [6, 6.07) is 20.1. The highest BCUT2D eigenvalue weighted by atomic mass is 35.5. The fourth-order valence-corrected chi connectivity index (χ4v) is 5.99. The SMILES string of the molecule is O=C(Nc1ccccc1)[C@@H]1[C@@H]2C(=O)N(c3ccc(Cl)cc3Cl)C(=O)[C@@H]2[C@H]2c3ccccc3C=CN12. The molecule has 0 saturated carbocycles. The highest BCUT2D eigenvalue weighted by molar-refractivity contribution is 6.38. The van der Waals surface area contributed by atoms with Crippen LogP contribution in [0.3, 0.4) is 0 Å². The van der Waals surface area contributed by atoms with Crippen molar-refractivity contribution in [2.75, 3.05) is 10.2 Å². The van der Waals surface area contributed by atoms with E-state index in [9.17, 15) is 14.4 Å². The van der Waals surface area contributed by atoms with Gasteiger partial charge in [0.1, 0.15) is 6.04 Å². The molecule has 1 N–H and O–H groups in total. The van der Waals surface area contributed by atoms with Crippen molar-refractivity contribution in [3.05, 3.63) is 100 Å². The lowest BCUT2D eigenvalue weighted by Gasteiger charge is -2.35. The van der Waals surface area contributed by atoms with Crippen LogP contribution in [-0.4, -0.2) is 28.7 Å². The molecular weight excluding hydrogens is 485 g/mol. The van der Waals surface area contributed by atoms with Gasteiger partial charge in [-0.2, -0.15) is 0 Å². The van der Waals surface area contributed by atoms with Crippen molar-refractivity contribution >= 4 is 58.4 Å². The van der Waals surface area contributed by atoms with Crippen molar-refractivity contribution in [3.63, 3.8) is 0 Å². The molecule has 4 atom stereocenters. The second-order valence-corrected chi connectivity index (χ2v) is 9.64. The summed E-state index contributed by atoms with van der Waals surface area (Å²) in [7, 11) is 0. The maximum absolute atomic E-state index is 13.9. The molecular formula is C27H19Cl2N3O3. The number of anilines is 2. The van der Waals surface area contributed by atoms with Crippen LogP contribution in [0.5, 0.6) is 0 Å². The monoisotopic (exact) mass is 503 g/mol. The molecule has 6 rings (SSSR count). The van der Waals surface area contributed by atoms with Crippen LogP contribution in [-0.2, 0) is 14.4 Å². The number of fused-ring (bicyclic) bond motifs is 5. The topological polar surface area (TPSA) is 69.7 Å². The van der Waals surface area contributed by atoms with Crippen LogP contribution >= 0.6 is 23.2 Å². The Kier molecular flexibility index (Phi) is 5.16. The first-order valence-electron chi connectivity index (χ1n) is 11.2. The molecule has 174 valence electrons. The maximum atomic E-state index is 13.9. The predicted molar refractivity (Wildman–Crippen MR) is 135 cm³/mol. The Morgan fingerprint density at radius 1 is 0.857 bits per heavy atom. The van der Waals surface area contributed by atoms with Gasteiger partial charge in [0.25, 0.3) is 0 Å². The van der Waals surface area contributed by atoms with Crippen molar-refractivity contribution in [2.24, 2.45) is 11.8 Å². The average Bonchev–Trinajstić information content (AvgIpc) is 3.33. The first-order valence-corrected chi connectivity index (χ1v) is 11.9. The highest BCUT2D eigenvalue weighted by Crippen LogP contribution is 2.53. The Morgan fingerprint density at radius 3 is 2.34 bits per heavy atom. The van der Waals surface area contributed by atoms with E-state index in [2.05, 4.69) is 5.32 Å². The molecule has 0 unspecified atom stereocenters. The van der Waals surface area contributed by atoms with Crippen LogP contribution in [0.1, 0.15) is 17.2 Å². The molecule has 0 aliphatic carbocycles. The molecule has 0 radical (unpaired) electrons. The molecule has 0 aromatic heterocycles. The Morgan fingerprint density at radius 2 is 1.57 bits per heavy atom. The summed E-state index contributed by atoms with van der Waals surface area (Å²) in [6.07, 6.45) is 3.74. The van der Waals surface area contributed by atoms with Crippen LogP contribution in [0.4, 0.5) is 11.4 Å². The van der Waals surface area contributed by atoms with Gasteiger partial charge in [-0.15, -0.1) is 0 Å². The van der Waals surface area contributed by atoms with E-state index in [1.165, 1.54) is 6.07 Å². The van der Waals surface area contributed by atoms with Crippen molar-refractivity contribution in [1.29, 1.82) is 0 Å². The van der Waals surface area contributed by atoms with Crippen LogP contribution in [0.2, 0.25) is 10.0 Å². The normalized spacial score (nSPS) is 24.3. The molecule has 8 heteroatoms. The van der Waals surface area contributed by atoms with Crippen LogP contribution in [0, 0.1) is 11.8 Å². The molecule has 2 fully saturated rings.